The summed E-state index contributed by atoms with van der Waals surface area (Å²) in [5.74, 6) is 0. The second-order valence-electron chi connectivity index (χ2n) is 4.11. The standard InChI is InChI=1S/C12H17ClN2/c1-2-6-14-9-3-4-10-11(13)5-7-15-12(10)8-9/h5,7,9,14H,2-4,6,8H2,1H3. The highest BCUT2D eigenvalue weighted by Crippen LogP contribution is 2.25. The summed E-state index contributed by atoms with van der Waals surface area (Å²) >= 11 is 6.13. The highest BCUT2D eigenvalue weighted by atomic mass is 35.5. The van der Waals surface area contributed by atoms with Gasteiger partial charge in [-0.25, -0.2) is 0 Å². The molecule has 2 nitrogen and oxygen atoms in total. The molecule has 0 amide bonds. The number of rotatable bonds is 3. The van der Waals surface area contributed by atoms with E-state index >= 15 is 0 Å². The van der Waals surface area contributed by atoms with Crippen LogP contribution in [0.25, 0.3) is 0 Å². The lowest BCUT2D eigenvalue weighted by Gasteiger charge is -2.25. The molecule has 1 atom stereocenters. The van der Waals surface area contributed by atoms with Gasteiger partial charge >= 0.3 is 0 Å². The average molecular weight is 225 g/mol. The molecule has 1 aromatic heterocycles. The summed E-state index contributed by atoms with van der Waals surface area (Å²) in [6.07, 6.45) is 6.26. The van der Waals surface area contributed by atoms with Crippen LogP contribution in [0.1, 0.15) is 31.0 Å². The Morgan fingerprint density at radius 1 is 1.60 bits per heavy atom. The first-order chi connectivity index (χ1) is 7.31. The number of nitrogens with one attached hydrogen (secondary N) is 1. The van der Waals surface area contributed by atoms with Crippen LogP contribution < -0.4 is 5.32 Å². The smallest absolute Gasteiger partial charge is 0.0471 e. The van der Waals surface area contributed by atoms with E-state index in [1.165, 1.54) is 24.1 Å². The average Bonchev–Trinajstić information content (AvgIpc) is 2.26. The Morgan fingerprint density at radius 3 is 3.27 bits per heavy atom. The van der Waals surface area contributed by atoms with Gasteiger partial charge in [0, 0.05) is 29.4 Å². The molecule has 1 aromatic rings. The summed E-state index contributed by atoms with van der Waals surface area (Å²) in [5.41, 5.74) is 2.44. The second-order valence-corrected chi connectivity index (χ2v) is 4.52. The van der Waals surface area contributed by atoms with E-state index < -0.39 is 0 Å². The van der Waals surface area contributed by atoms with E-state index in [1.807, 2.05) is 12.3 Å². The Labute approximate surface area is 96.1 Å². The minimum Gasteiger partial charge on any atom is -0.314 e. The van der Waals surface area contributed by atoms with E-state index in [4.69, 9.17) is 11.6 Å². The number of pyridine rings is 1. The molecule has 1 aliphatic carbocycles. The Bertz CT molecular complexity index is 338. The van der Waals surface area contributed by atoms with Crippen LogP contribution in [-0.2, 0) is 12.8 Å². The van der Waals surface area contributed by atoms with E-state index in [0.717, 1.165) is 24.4 Å². The monoisotopic (exact) mass is 224 g/mol. The van der Waals surface area contributed by atoms with Crippen molar-refractivity contribution < 1.29 is 0 Å². The number of halogens is 1. The zero-order chi connectivity index (χ0) is 10.7. The fourth-order valence-corrected chi connectivity index (χ4v) is 2.39. The molecule has 0 bridgehead atoms. The maximum Gasteiger partial charge on any atom is 0.0471 e. The fraction of sp³-hybridized carbons (Fsp3) is 0.583. The van der Waals surface area contributed by atoms with E-state index in [9.17, 15) is 0 Å². The predicted octanol–water partition coefficient (Wildman–Crippen LogP) is 2.59. The lowest BCUT2D eigenvalue weighted by molar-refractivity contribution is 0.453. The maximum absolute atomic E-state index is 6.13. The van der Waals surface area contributed by atoms with E-state index in [2.05, 4.69) is 17.2 Å². The first-order valence-corrected chi connectivity index (χ1v) is 6.04. The van der Waals surface area contributed by atoms with Gasteiger partial charge in [0.2, 0.25) is 0 Å². The molecule has 0 fully saturated rings. The quantitative estimate of drug-likeness (QED) is 0.854. The van der Waals surface area contributed by atoms with Crippen LogP contribution in [-0.4, -0.2) is 17.6 Å². The summed E-state index contributed by atoms with van der Waals surface area (Å²) < 4.78 is 0. The van der Waals surface area contributed by atoms with Crippen molar-refractivity contribution in [3.05, 3.63) is 28.5 Å². The lowest BCUT2D eigenvalue weighted by Crippen LogP contribution is -2.35. The zero-order valence-electron chi connectivity index (χ0n) is 9.09. The number of hydrogen-bond acceptors (Lipinski definition) is 2. The first kappa shape index (κ1) is 10.9. The molecule has 1 aliphatic rings. The van der Waals surface area contributed by atoms with Crippen molar-refractivity contribution in [2.45, 2.75) is 38.6 Å². The van der Waals surface area contributed by atoms with Crippen molar-refractivity contribution >= 4 is 11.6 Å². The van der Waals surface area contributed by atoms with Crippen LogP contribution in [0.5, 0.6) is 0 Å². The highest BCUT2D eigenvalue weighted by molar-refractivity contribution is 6.31. The fourth-order valence-electron chi connectivity index (χ4n) is 2.13. The Balaban J connectivity index is 2.07. The minimum atomic E-state index is 0.586. The van der Waals surface area contributed by atoms with Gasteiger partial charge in [-0.15, -0.1) is 0 Å². The van der Waals surface area contributed by atoms with Crippen molar-refractivity contribution in [2.75, 3.05) is 6.54 Å². The van der Waals surface area contributed by atoms with Crippen LogP contribution in [0.4, 0.5) is 0 Å². The SMILES string of the molecule is CCCNC1CCc2c(Cl)ccnc2C1. The molecule has 1 unspecified atom stereocenters. The van der Waals surface area contributed by atoms with Crippen LogP contribution in [0.2, 0.25) is 5.02 Å². The molecule has 0 saturated heterocycles. The summed E-state index contributed by atoms with van der Waals surface area (Å²) in [6.45, 7) is 3.29. The molecule has 0 saturated carbocycles. The van der Waals surface area contributed by atoms with Gasteiger partial charge in [-0.2, -0.15) is 0 Å². The number of hydrogen-bond donors (Lipinski definition) is 1. The normalized spacial score (nSPS) is 20.0. The van der Waals surface area contributed by atoms with Gasteiger partial charge in [0.25, 0.3) is 0 Å². The second kappa shape index (κ2) is 4.95. The summed E-state index contributed by atoms with van der Waals surface area (Å²) in [5, 5.41) is 4.43. The van der Waals surface area contributed by atoms with Crippen LogP contribution in [0.15, 0.2) is 12.3 Å². The zero-order valence-corrected chi connectivity index (χ0v) is 9.85. The topological polar surface area (TPSA) is 24.9 Å². The third kappa shape index (κ3) is 2.50. The number of fused-ring (bicyclic) bond motifs is 1. The molecule has 3 heteroatoms. The third-order valence-corrected chi connectivity index (χ3v) is 3.31. The lowest BCUT2D eigenvalue weighted by atomic mass is 9.92. The third-order valence-electron chi connectivity index (χ3n) is 2.95. The molecule has 1 N–H and O–H groups in total. The molecule has 0 aromatic carbocycles. The summed E-state index contributed by atoms with van der Waals surface area (Å²) in [4.78, 5) is 4.41. The van der Waals surface area contributed by atoms with Crippen molar-refractivity contribution in [1.29, 1.82) is 0 Å². The van der Waals surface area contributed by atoms with Crippen molar-refractivity contribution in [3.8, 4) is 0 Å². The van der Waals surface area contributed by atoms with Gasteiger partial charge in [0.15, 0.2) is 0 Å². The van der Waals surface area contributed by atoms with Gasteiger partial charge in [0.05, 0.1) is 0 Å². The van der Waals surface area contributed by atoms with E-state index in [-0.39, 0.29) is 0 Å². The Hall–Kier alpha value is -0.600. The first-order valence-electron chi connectivity index (χ1n) is 5.67. The molecule has 0 radical (unpaired) electrons. The predicted molar refractivity (Wildman–Crippen MR) is 63.4 cm³/mol. The van der Waals surface area contributed by atoms with E-state index in [0.29, 0.717) is 6.04 Å². The number of nitrogens with zero attached hydrogens (tertiary/aromatic N) is 1. The van der Waals surface area contributed by atoms with Gasteiger partial charge in [-0.1, -0.05) is 18.5 Å². The van der Waals surface area contributed by atoms with Gasteiger partial charge in [-0.3, -0.25) is 4.98 Å². The molecular formula is C12H17ClN2. The molecule has 15 heavy (non-hydrogen) atoms. The molecule has 0 aliphatic heterocycles. The molecule has 0 spiro atoms. The molecular weight excluding hydrogens is 208 g/mol. The largest absolute Gasteiger partial charge is 0.314 e. The maximum atomic E-state index is 6.13. The van der Waals surface area contributed by atoms with Crippen molar-refractivity contribution in [2.24, 2.45) is 0 Å². The van der Waals surface area contributed by atoms with Gasteiger partial charge in [0.1, 0.15) is 0 Å². The Kier molecular flexibility index (Phi) is 3.60. The molecule has 82 valence electrons. The minimum absolute atomic E-state index is 0.586. The highest BCUT2D eigenvalue weighted by Gasteiger charge is 2.20. The Morgan fingerprint density at radius 2 is 2.47 bits per heavy atom. The van der Waals surface area contributed by atoms with Crippen LogP contribution in [0.3, 0.4) is 0 Å². The summed E-state index contributed by atoms with van der Waals surface area (Å²) in [6, 6.07) is 2.48. The van der Waals surface area contributed by atoms with Crippen LogP contribution in [0, 0.1) is 0 Å². The van der Waals surface area contributed by atoms with Crippen molar-refractivity contribution in [3.63, 3.8) is 0 Å². The van der Waals surface area contributed by atoms with Crippen LogP contribution >= 0.6 is 11.6 Å². The molecule has 1 heterocycles. The molecule has 2 rings (SSSR count). The van der Waals surface area contributed by atoms with Gasteiger partial charge < -0.3 is 5.32 Å². The number of aromatic nitrogens is 1. The summed E-state index contributed by atoms with van der Waals surface area (Å²) in [7, 11) is 0. The van der Waals surface area contributed by atoms with Crippen molar-refractivity contribution in [1.82, 2.24) is 10.3 Å². The van der Waals surface area contributed by atoms with Gasteiger partial charge in [-0.05, 0) is 37.4 Å². The van der Waals surface area contributed by atoms with E-state index in [1.54, 1.807) is 0 Å².